The number of carbonyl (C=O) groups is 1. The zero-order chi connectivity index (χ0) is 11.5. The molecule has 4 heteroatoms. The standard InChI is InChI=1S/C11H15FN2O/c1-3-11(2,13)10(15)14-9-6-4-5-8(12)7-9/h4-7H,3,13H2,1-2H3,(H,14,15). The Morgan fingerprint density at radius 2 is 2.27 bits per heavy atom. The topological polar surface area (TPSA) is 55.1 Å². The summed E-state index contributed by atoms with van der Waals surface area (Å²) in [6.07, 6.45) is 0.522. The molecule has 3 nitrogen and oxygen atoms in total. The van der Waals surface area contributed by atoms with Crippen LogP contribution in [0.2, 0.25) is 0 Å². The van der Waals surface area contributed by atoms with E-state index in [-0.39, 0.29) is 11.7 Å². The number of halogens is 1. The van der Waals surface area contributed by atoms with Crippen molar-refractivity contribution >= 4 is 11.6 Å². The molecule has 0 aliphatic rings. The maximum atomic E-state index is 12.8. The van der Waals surface area contributed by atoms with Crippen LogP contribution in [0.1, 0.15) is 20.3 Å². The van der Waals surface area contributed by atoms with Gasteiger partial charge in [0.05, 0.1) is 5.54 Å². The van der Waals surface area contributed by atoms with Gasteiger partial charge in [0.1, 0.15) is 5.82 Å². The van der Waals surface area contributed by atoms with Gasteiger partial charge in [0.2, 0.25) is 5.91 Å². The maximum absolute atomic E-state index is 12.8. The largest absolute Gasteiger partial charge is 0.324 e. The molecule has 15 heavy (non-hydrogen) atoms. The highest BCUT2D eigenvalue weighted by Crippen LogP contribution is 2.13. The van der Waals surface area contributed by atoms with E-state index < -0.39 is 5.54 Å². The van der Waals surface area contributed by atoms with Crippen LogP contribution >= 0.6 is 0 Å². The predicted molar refractivity (Wildman–Crippen MR) is 57.9 cm³/mol. The Labute approximate surface area is 88.5 Å². The number of hydrogen-bond donors (Lipinski definition) is 2. The maximum Gasteiger partial charge on any atom is 0.244 e. The number of amides is 1. The third-order valence-corrected chi connectivity index (χ3v) is 2.34. The smallest absolute Gasteiger partial charge is 0.244 e. The highest BCUT2D eigenvalue weighted by molar-refractivity contribution is 5.97. The van der Waals surface area contributed by atoms with Crippen LogP contribution in [0.3, 0.4) is 0 Å². The van der Waals surface area contributed by atoms with E-state index in [0.29, 0.717) is 12.1 Å². The van der Waals surface area contributed by atoms with Gasteiger partial charge in [-0.2, -0.15) is 0 Å². The van der Waals surface area contributed by atoms with Gasteiger partial charge in [-0.15, -0.1) is 0 Å². The molecule has 1 amide bonds. The molecule has 1 aromatic rings. The summed E-state index contributed by atoms with van der Waals surface area (Å²) in [4.78, 5) is 11.6. The van der Waals surface area contributed by atoms with Crippen LogP contribution in [0.25, 0.3) is 0 Å². The van der Waals surface area contributed by atoms with Gasteiger partial charge in [-0.25, -0.2) is 4.39 Å². The molecule has 82 valence electrons. The summed E-state index contributed by atoms with van der Waals surface area (Å²) in [5, 5.41) is 2.57. The summed E-state index contributed by atoms with van der Waals surface area (Å²) < 4.78 is 12.8. The van der Waals surface area contributed by atoms with Crippen molar-refractivity contribution in [3.05, 3.63) is 30.1 Å². The van der Waals surface area contributed by atoms with Crippen LogP contribution in [0.15, 0.2) is 24.3 Å². The lowest BCUT2D eigenvalue weighted by Gasteiger charge is -2.21. The molecule has 0 heterocycles. The average Bonchev–Trinajstić information content (AvgIpc) is 2.17. The minimum absolute atomic E-state index is 0.310. The van der Waals surface area contributed by atoms with Crippen LogP contribution in [-0.4, -0.2) is 11.4 Å². The second-order valence-electron chi connectivity index (χ2n) is 3.74. The van der Waals surface area contributed by atoms with Crippen LogP contribution in [-0.2, 0) is 4.79 Å². The fourth-order valence-corrected chi connectivity index (χ4v) is 1.00. The highest BCUT2D eigenvalue weighted by Gasteiger charge is 2.25. The predicted octanol–water partition coefficient (Wildman–Crippen LogP) is 1.89. The van der Waals surface area contributed by atoms with E-state index in [9.17, 15) is 9.18 Å². The first-order chi connectivity index (χ1) is 6.95. The van der Waals surface area contributed by atoms with Crippen molar-refractivity contribution in [2.75, 3.05) is 5.32 Å². The van der Waals surface area contributed by atoms with Gasteiger partial charge in [-0.3, -0.25) is 4.79 Å². The van der Waals surface area contributed by atoms with Gasteiger partial charge >= 0.3 is 0 Å². The summed E-state index contributed by atoms with van der Waals surface area (Å²) in [6.45, 7) is 3.47. The van der Waals surface area contributed by atoms with Crippen LogP contribution in [0, 0.1) is 5.82 Å². The number of hydrogen-bond acceptors (Lipinski definition) is 2. The molecular formula is C11H15FN2O. The van der Waals surface area contributed by atoms with Gasteiger partial charge < -0.3 is 11.1 Å². The van der Waals surface area contributed by atoms with E-state index in [4.69, 9.17) is 5.73 Å². The third kappa shape index (κ3) is 3.02. The Bertz CT molecular complexity index is 363. The third-order valence-electron chi connectivity index (χ3n) is 2.34. The van der Waals surface area contributed by atoms with Crippen LogP contribution in [0.5, 0.6) is 0 Å². The fraction of sp³-hybridized carbons (Fsp3) is 0.364. The van der Waals surface area contributed by atoms with Crippen molar-refractivity contribution in [2.24, 2.45) is 5.73 Å². The second-order valence-corrected chi connectivity index (χ2v) is 3.74. The first kappa shape index (κ1) is 11.7. The Hall–Kier alpha value is -1.42. The quantitative estimate of drug-likeness (QED) is 0.800. The lowest BCUT2D eigenvalue weighted by atomic mass is 9.99. The zero-order valence-corrected chi connectivity index (χ0v) is 8.88. The molecule has 0 radical (unpaired) electrons. The molecule has 1 aromatic carbocycles. The molecule has 1 rings (SSSR count). The minimum atomic E-state index is -0.924. The van der Waals surface area contributed by atoms with E-state index >= 15 is 0 Å². The number of carbonyl (C=O) groups excluding carboxylic acids is 1. The van der Waals surface area contributed by atoms with E-state index in [1.54, 1.807) is 13.0 Å². The van der Waals surface area contributed by atoms with Gasteiger partial charge in [0.15, 0.2) is 0 Å². The van der Waals surface area contributed by atoms with Crippen LogP contribution in [0.4, 0.5) is 10.1 Å². The van der Waals surface area contributed by atoms with E-state index in [1.807, 2.05) is 6.92 Å². The Morgan fingerprint density at radius 1 is 1.60 bits per heavy atom. The summed E-state index contributed by atoms with van der Waals surface area (Å²) >= 11 is 0. The number of nitrogens with two attached hydrogens (primary N) is 1. The number of benzene rings is 1. The summed E-state index contributed by atoms with van der Waals surface area (Å²) in [6, 6.07) is 5.72. The molecule has 0 aromatic heterocycles. The van der Waals surface area contributed by atoms with E-state index in [0.717, 1.165) is 0 Å². The van der Waals surface area contributed by atoms with Crippen molar-refractivity contribution in [2.45, 2.75) is 25.8 Å². The molecule has 0 saturated heterocycles. The zero-order valence-electron chi connectivity index (χ0n) is 8.88. The van der Waals surface area contributed by atoms with Crippen molar-refractivity contribution < 1.29 is 9.18 Å². The van der Waals surface area contributed by atoms with Crippen LogP contribution < -0.4 is 11.1 Å². The molecule has 3 N–H and O–H groups in total. The normalized spacial score (nSPS) is 14.4. The molecule has 0 bridgehead atoms. The van der Waals surface area contributed by atoms with Gasteiger partial charge in [-0.05, 0) is 31.5 Å². The van der Waals surface area contributed by atoms with Gasteiger partial charge in [0, 0.05) is 5.69 Å². The van der Waals surface area contributed by atoms with Crippen molar-refractivity contribution in [3.8, 4) is 0 Å². The van der Waals surface area contributed by atoms with Crippen molar-refractivity contribution in [1.29, 1.82) is 0 Å². The Balaban J connectivity index is 2.75. The van der Waals surface area contributed by atoms with Gasteiger partial charge in [-0.1, -0.05) is 13.0 Å². The first-order valence-electron chi connectivity index (χ1n) is 4.81. The summed E-state index contributed by atoms with van der Waals surface area (Å²) in [5.41, 5.74) is 5.24. The lowest BCUT2D eigenvalue weighted by molar-refractivity contribution is -0.120. The number of nitrogens with one attached hydrogen (secondary N) is 1. The Morgan fingerprint density at radius 3 is 2.80 bits per heavy atom. The fourth-order valence-electron chi connectivity index (χ4n) is 1.00. The van der Waals surface area contributed by atoms with E-state index in [1.165, 1.54) is 18.2 Å². The Kier molecular flexibility index (Phi) is 3.42. The highest BCUT2D eigenvalue weighted by atomic mass is 19.1. The molecule has 0 spiro atoms. The average molecular weight is 210 g/mol. The summed E-state index contributed by atoms with van der Waals surface area (Å²) in [7, 11) is 0. The first-order valence-corrected chi connectivity index (χ1v) is 4.81. The van der Waals surface area contributed by atoms with Crippen molar-refractivity contribution in [1.82, 2.24) is 0 Å². The van der Waals surface area contributed by atoms with E-state index in [2.05, 4.69) is 5.32 Å². The summed E-state index contributed by atoms with van der Waals surface area (Å²) in [5.74, 6) is -0.696. The SMILES string of the molecule is CCC(C)(N)C(=O)Nc1cccc(F)c1. The second kappa shape index (κ2) is 4.40. The number of anilines is 1. The molecule has 0 aliphatic heterocycles. The lowest BCUT2D eigenvalue weighted by Crippen LogP contribution is -2.47. The van der Waals surface area contributed by atoms with Gasteiger partial charge in [0.25, 0.3) is 0 Å². The van der Waals surface area contributed by atoms with Crippen molar-refractivity contribution in [3.63, 3.8) is 0 Å². The molecule has 1 atom stereocenters. The molecule has 0 fully saturated rings. The molecule has 0 saturated carbocycles. The molecule has 0 aliphatic carbocycles. The monoisotopic (exact) mass is 210 g/mol. The number of rotatable bonds is 3. The minimum Gasteiger partial charge on any atom is -0.324 e. The molecule has 1 unspecified atom stereocenters. The molecular weight excluding hydrogens is 195 g/mol.